The van der Waals surface area contributed by atoms with E-state index in [0.29, 0.717) is 48.6 Å². The van der Waals surface area contributed by atoms with Gasteiger partial charge in [-0.3, -0.25) is 29.8 Å². The summed E-state index contributed by atoms with van der Waals surface area (Å²) >= 11 is 0. The highest BCUT2D eigenvalue weighted by Gasteiger charge is 2.64. The van der Waals surface area contributed by atoms with Crippen molar-refractivity contribution in [1.29, 1.82) is 0 Å². The Morgan fingerprint density at radius 3 is 1.34 bits per heavy atom. The van der Waals surface area contributed by atoms with Crippen LogP contribution < -0.4 is 29.3 Å². The number of nitro groups is 2. The van der Waals surface area contributed by atoms with E-state index in [1.54, 1.807) is 12.1 Å². The molecule has 368 valence electrons. The highest BCUT2D eigenvalue weighted by molar-refractivity contribution is 5.70. The zero-order valence-electron chi connectivity index (χ0n) is 41.4. The SMILES string of the molecule is CCCCCCCC(=O)OCC[N+]1=c2cc/c(=c3\ccc4c(c3)C(C)(C)C3(C=Cc5cc([N+](=O)[O-])ccc5O3)[N+]=4CCOC(=O)CCCCCCC)cc2C(C)(C)C12C=Cc1cc([N+](=O)[O-])ccc1O2. The molecule has 0 saturated carbocycles. The summed E-state index contributed by atoms with van der Waals surface area (Å²) in [5.41, 5.74) is -0.352. The van der Waals surface area contributed by atoms with Gasteiger partial charge in [0.05, 0.1) is 9.85 Å². The Kier molecular flexibility index (Phi) is 14.4. The molecule has 4 aromatic rings. The number of rotatable bonds is 20. The quantitative estimate of drug-likeness (QED) is 0.0274. The van der Waals surface area contributed by atoms with Crippen molar-refractivity contribution in [2.45, 2.75) is 141 Å². The molecule has 0 aliphatic carbocycles. The number of nitro benzene ring substituents is 2. The molecule has 4 heterocycles. The summed E-state index contributed by atoms with van der Waals surface area (Å²) in [6.45, 7) is 13.8. The zero-order chi connectivity index (χ0) is 49.8. The largest absolute Gasteiger partial charge is 0.459 e. The molecule has 2 unspecified atom stereocenters. The second-order valence-corrected chi connectivity index (χ2v) is 20.0. The molecule has 4 aromatic carbocycles. The van der Waals surface area contributed by atoms with Gasteiger partial charge in [-0.05, 0) is 99.5 Å². The molecule has 2 spiro atoms. The minimum atomic E-state index is -1.07. The number of esters is 2. The van der Waals surface area contributed by atoms with Crippen molar-refractivity contribution in [3.8, 4) is 11.5 Å². The number of carbonyl (C=O) groups excluding carboxylic acids is 2. The molecule has 14 nitrogen and oxygen atoms in total. The Hall–Kier alpha value is -6.70. The predicted octanol–water partition coefficient (Wildman–Crippen LogP) is 9.77. The van der Waals surface area contributed by atoms with Gasteiger partial charge < -0.3 is 18.9 Å². The van der Waals surface area contributed by atoms with Crippen molar-refractivity contribution >= 4 is 35.5 Å². The minimum Gasteiger partial charge on any atom is -0.459 e. The van der Waals surface area contributed by atoms with Crippen LogP contribution >= 0.6 is 0 Å². The number of non-ortho nitro benzene ring substituents is 2. The van der Waals surface area contributed by atoms with Gasteiger partial charge in [-0.2, -0.15) is 9.15 Å². The van der Waals surface area contributed by atoms with Crippen LogP contribution in [0.25, 0.3) is 12.2 Å². The molecule has 0 amide bonds. The van der Waals surface area contributed by atoms with Gasteiger partial charge >= 0.3 is 23.4 Å². The molecule has 0 radical (unpaired) electrons. The number of benzene rings is 4. The number of fused-ring (bicyclic) bond motifs is 4. The van der Waals surface area contributed by atoms with Crippen molar-refractivity contribution in [3.05, 3.63) is 149 Å². The van der Waals surface area contributed by atoms with Gasteiger partial charge in [0, 0.05) is 83.6 Å². The number of unbranched alkanes of at least 4 members (excludes halogenated alkanes) is 8. The molecule has 4 aliphatic rings. The molecule has 0 fully saturated rings. The average Bonchev–Trinajstić information content (AvgIpc) is 3.62. The van der Waals surface area contributed by atoms with E-state index >= 15 is 0 Å². The summed E-state index contributed by atoms with van der Waals surface area (Å²) in [5, 5.41) is 27.2. The molecule has 70 heavy (non-hydrogen) atoms. The number of nitrogens with zero attached hydrogens (tertiary/aromatic N) is 4. The van der Waals surface area contributed by atoms with E-state index in [1.165, 1.54) is 24.3 Å². The lowest BCUT2D eigenvalue weighted by atomic mass is 9.75. The Labute approximate surface area is 408 Å². The smallest absolute Gasteiger partial charge is 0.336 e. The molecule has 0 saturated heterocycles. The van der Waals surface area contributed by atoms with Gasteiger partial charge in [0.15, 0.2) is 13.1 Å². The van der Waals surface area contributed by atoms with E-state index in [1.807, 2.05) is 24.3 Å². The van der Waals surface area contributed by atoms with E-state index in [2.05, 4.69) is 87.1 Å². The van der Waals surface area contributed by atoms with E-state index in [0.717, 1.165) is 96.5 Å². The van der Waals surface area contributed by atoms with Gasteiger partial charge in [-0.1, -0.05) is 65.2 Å². The molecule has 2 atom stereocenters. The van der Waals surface area contributed by atoms with Crippen LogP contribution in [-0.4, -0.2) is 59.5 Å². The second kappa shape index (κ2) is 20.3. The van der Waals surface area contributed by atoms with Crippen LogP contribution in [0.4, 0.5) is 11.4 Å². The molecular formula is C56H66N4O10+2. The summed E-state index contributed by atoms with van der Waals surface area (Å²) in [7, 11) is 0. The van der Waals surface area contributed by atoms with Crippen LogP contribution in [0.15, 0.2) is 84.9 Å². The number of hydrogen-bond acceptors (Lipinski definition) is 10. The maximum absolute atomic E-state index is 12.9. The zero-order valence-corrected chi connectivity index (χ0v) is 41.4. The van der Waals surface area contributed by atoms with Crippen LogP contribution in [0.1, 0.15) is 141 Å². The lowest BCUT2D eigenvalue weighted by Gasteiger charge is -2.38. The lowest BCUT2D eigenvalue weighted by molar-refractivity contribution is -0.385. The highest BCUT2D eigenvalue weighted by atomic mass is 16.6. The van der Waals surface area contributed by atoms with E-state index < -0.39 is 32.1 Å². The first-order valence-electron chi connectivity index (χ1n) is 25.1. The molecule has 0 aromatic heterocycles. The Bertz CT molecular complexity index is 2810. The summed E-state index contributed by atoms with van der Waals surface area (Å²) in [6, 6.07) is 22.0. The number of ether oxygens (including phenoxy) is 4. The van der Waals surface area contributed by atoms with Crippen LogP contribution in [0.3, 0.4) is 0 Å². The third-order valence-corrected chi connectivity index (χ3v) is 14.9. The van der Waals surface area contributed by atoms with E-state index in [4.69, 9.17) is 18.9 Å². The summed E-state index contributed by atoms with van der Waals surface area (Å²) in [6.07, 6.45) is 18.8. The van der Waals surface area contributed by atoms with Crippen LogP contribution in [0.2, 0.25) is 0 Å². The summed E-state index contributed by atoms with van der Waals surface area (Å²) < 4.78 is 30.0. The van der Waals surface area contributed by atoms with E-state index in [-0.39, 0.29) is 36.5 Å². The van der Waals surface area contributed by atoms with Gasteiger partial charge in [0.1, 0.15) is 35.5 Å². The van der Waals surface area contributed by atoms with Crippen molar-refractivity contribution in [3.63, 3.8) is 0 Å². The number of carbonyl (C=O) groups is 2. The fraction of sp³-hybridized carbons (Fsp3) is 0.464. The summed E-state index contributed by atoms with van der Waals surface area (Å²) in [5.74, 6) is 0.571. The first kappa shape index (κ1) is 49.7. The maximum Gasteiger partial charge on any atom is 0.336 e. The molecular weight excluding hydrogens is 889 g/mol. The first-order valence-corrected chi connectivity index (χ1v) is 25.1. The molecule has 0 bridgehead atoms. The third kappa shape index (κ3) is 9.24. The van der Waals surface area contributed by atoms with Crippen molar-refractivity contribution in [2.24, 2.45) is 0 Å². The summed E-state index contributed by atoms with van der Waals surface area (Å²) in [4.78, 5) is 48.4. The first-order chi connectivity index (χ1) is 33.6. The second-order valence-electron chi connectivity index (χ2n) is 20.0. The predicted molar refractivity (Wildman–Crippen MR) is 268 cm³/mol. The topological polar surface area (TPSA) is 163 Å². The van der Waals surface area contributed by atoms with Gasteiger partial charge in [0.2, 0.25) is 10.7 Å². The lowest BCUT2D eigenvalue weighted by Crippen LogP contribution is -2.59. The van der Waals surface area contributed by atoms with Crippen molar-refractivity contribution < 1.29 is 38.4 Å². The van der Waals surface area contributed by atoms with Gasteiger partial charge in [0.25, 0.3) is 11.4 Å². The minimum absolute atomic E-state index is 0.0271. The highest BCUT2D eigenvalue weighted by Crippen LogP contribution is 2.47. The van der Waals surface area contributed by atoms with Gasteiger partial charge in [-0.15, -0.1) is 0 Å². The molecule has 8 rings (SSSR count). The fourth-order valence-electron chi connectivity index (χ4n) is 10.8. The molecule has 14 heteroatoms. The van der Waals surface area contributed by atoms with E-state index in [9.17, 15) is 29.8 Å². The van der Waals surface area contributed by atoms with Crippen molar-refractivity contribution in [1.82, 2.24) is 9.15 Å². The van der Waals surface area contributed by atoms with Crippen LogP contribution in [-0.2, 0) is 29.9 Å². The fourth-order valence-corrected chi connectivity index (χ4v) is 10.8. The van der Waals surface area contributed by atoms with Gasteiger partial charge in [-0.25, -0.2) is 0 Å². The average molecular weight is 955 g/mol. The van der Waals surface area contributed by atoms with Crippen LogP contribution in [0.5, 0.6) is 11.5 Å². The standard InChI is InChI=1S/C56H66N4O10/c1-7-9-11-13-15-17-51(61)67-33-31-57-47-23-19-39(37-45(47)53(3,4)55(57)29-27-41-35-43(59(63)64)21-25-49(41)69-55)40-20-24-48-46(38-40)54(5,6)56(30-28-42-36-44(60(65)66)22-26-50(42)70-56)58(48)32-34-68-52(62)18-16-14-12-10-8-2/h19-30,35-38H,7-18,31-34H2,1-6H3/q+2/b40-39-. The maximum atomic E-state index is 12.9. The Morgan fingerprint density at radius 1 is 0.557 bits per heavy atom. The molecule has 0 N–H and O–H groups in total. The molecule has 4 aliphatic heterocycles. The number of hydrogen-bond donors (Lipinski definition) is 0. The monoisotopic (exact) mass is 954 g/mol. The Morgan fingerprint density at radius 2 is 0.957 bits per heavy atom. The normalized spacial score (nSPS) is 20.0. The van der Waals surface area contributed by atoms with Crippen molar-refractivity contribution in [2.75, 3.05) is 26.3 Å². The Balaban J connectivity index is 1.18. The third-order valence-electron chi connectivity index (χ3n) is 14.9. The van der Waals surface area contributed by atoms with Crippen LogP contribution in [0, 0.1) is 30.7 Å².